The van der Waals surface area contributed by atoms with E-state index in [-0.39, 0.29) is 17.6 Å². The maximum Gasteiger partial charge on any atom is 0.253 e. The van der Waals surface area contributed by atoms with Crippen molar-refractivity contribution in [2.24, 2.45) is 5.92 Å². The molecule has 7 rings (SSSR count). The molecule has 0 radical (unpaired) electrons. The van der Waals surface area contributed by atoms with Gasteiger partial charge >= 0.3 is 0 Å². The van der Waals surface area contributed by atoms with Gasteiger partial charge in [0, 0.05) is 31.1 Å². The second-order valence-electron chi connectivity index (χ2n) is 12.4. The first-order valence-corrected chi connectivity index (χ1v) is 15.0. The molecule has 1 unspecified atom stereocenters. The Morgan fingerprint density at radius 3 is 2.52 bits per heavy atom. The molecule has 0 N–H and O–H groups in total. The molecule has 2 aliphatic heterocycles. The van der Waals surface area contributed by atoms with Gasteiger partial charge in [0.2, 0.25) is 5.91 Å². The normalized spacial score (nSPS) is 26.0. The van der Waals surface area contributed by atoms with E-state index in [1.165, 1.54) is 11.3 Å². The maximum absolute atomic E-state index is 13.3. The Labute approximate surface area is 235 Å². The van der Waals surface area contributed by atoms with Gasteiger partial charge in [-0.1, -0.05) is 12.1 Å². The largest absolute Gasteiger partial charge is 0.485 e. The van der Waals surface area contributed by atoms with Crippen LogP contribution in [0.25, 0.3) is 5.78 Å². The summed E-state index contributed by atoms with van der Waals surface area (Å²) in [7, 11) is 0. The van der Waals surface area contributed by atoms with Crippen molar-refractivity contribution in [3.8, 4) is 5.75 Å². The molecule has 212 valence electrons. The molecule has 2 aromatic heterocycles. The Morgan fingerprint density at radius 2 is 1.77 bits per heavy atom. The summed E-state index contributed by atoms with van der Waals surface area (Å²) < 4.78 is 13.9. The number of amides is 1. The molecule has 9 nitrogen and oxygen atoms in total. The maximum atomic E-state index is 13.3. The summed E-state index contributed by atoms with van der Waals surface area (Å²) in [6.07, 6.45) is 7.48. The van der Waals surface area contributed by atoms with Crippen LogP contribution in [-0.4, -0.2) is 74.9 Å². The average Bonchev–Trinajstić information content (AvgIpc) is 3.38. The summed E-state index contributed by atoms with van der Waals surface area (Å²) in [5, 5.41) is 4.47. The van der Waals surface area contributed by atoms with Gasteiger partial charge < -0.3 is 19.3 Å². The van der Waals surface area contributed by atoms with Crippen LogP contribution in [-0.2, 0) is 9.53 Å². The van der Waals surface area contributed by atoms with Crippen LogP contribution in [0.1, 0.15) is 73.6 Å². The molecule has 4 aliphatic rings. The lowest BCUT2D eigenvalue weighted by Gasteiger charge is -2.39. The highest BCUT2D eigenvalue weighted by Crippen LogP contribution is 2.46. The highest BCUT2D eigenvalue weighted by molar-refractivity contribution is 5.80. The first kappa shape index (κ1) is 25.7. The fraction of sp³-hybridized carbons (Fsp3) is 0.613. The first-order valence-electron chi connectivity index (χ1n) is 15.0. The second-order valence-corrected chi connectivity index (χ2v) is 12.4. The summed E-state index contributed by atoms with van der Waals surface area (Å²) in [5.74, 6) is 3.26. The fourth-order valence-corrected chi connectivity index (χ4v) is 7.14. The van der Waals surface area contributed by atoms with E-state index in [0.717, 1.165) is 88.3 Å². The van der Waals surface area contributed by atoms with E-state index < -0.39 is 0 Å². The zero-order chi connectivity index (χ0) is 27.4. The van der Waals surface area contributed by atoms with Gasteiger partial charge in [0.25, 0.3) is 5.78 Å². The standard InChI is InChI=1S/C31H40N6O3/c1-20-28(21(2)37-30(32-20)33-22(3)34-37)40-27-12-15-35(18-27)26-10-8-24(9-11-26)23-4-6-25(7-5-23)29(38)36-16-17-39-19-31(36)13-14-31/h8-11,23,25,27H,4-7,12-19H2,1-3H3. The highest BCUT2D eigenvalue weighted by atomic mass is 16.5. The van der Waals surface area contributed by atoms with E-state index in [2.05, 4.69) is 49.1 Å². The number of morpholine rings is 1. The number of rotatable bonds is 5. The van der Waals surface area contributed by atoms with Crippen LogP contribution in [0.4, 0.5) is 5.69 Å². The van der Waals surface area contributed by atoms with Crippen LogP contribution in [0.5, 0.6) is 5.75 Å². The number of aryl methyl sites for hydroxylation is 3. The molecule has 1 aromatic carbocycles. The molecular weight excluding hydrogens is 504 g/mol. The molecule has 1 amide bonds. The lowest BCUT2D eigenvalue weighted by atomic mass is 9.78. The van der Waals surface area contributed by atoms with Gasteiger partial charge in [0.1, 0.15) is 11.9 Å². The smallest absolute Gasteiger partial charge is 0.253 e. The molecule has 4 fully saturated rings. The quantitative estimate of drug-likeness (QED) is 0.472. The van der Waals surface area contributed by atoms with Crippen molar-refractivity contribution in [2.75, 3.05) is 37.7 Å². The van der Waals surface area contributed by atoms with Gasteiger partial charge in [-0.2, -0.15) is 9.50 Å². The number of hydrogen-bond acceptors (Lipinski definition) is 7. The van der Waals surface area contributed by atoms with Crippen molar-refractivity contribution in [2.45, 2.75) is 83.3 Å². The number of ether oxygens (including phenoxy) is 2. The molecule has 3 aromatic rings. The Hall–Kier alpha value is -3.20. The van der Waals surface area contributed by atoms with E-state index in [9.17, 15) is 4.79 Å². The summed E-state index contributed by atoms with van der Waals surface area (Å²) in [6, 6.07) is 9.14. The zero-order valence-electron chi connectivity index (χ0n) is 23.9. The summed E-state index contributed by atoms with van der Waals surface area (Å²) in [6.45, 7) is 9.90. The number of anilines is 1. The lowest BCUT2D eigenvalue weighted by molar-refractivity contribution is -0.147. The minimum atomic E-state index is 0.0418. The number of benzene rings is 1. The molecule has 0 bridgehead atoms. The van der Waals surface area contributed by atoms with Crippen LogP contribution in [0.3, 0.4) is 0 Å². The molecule has 2 aliphatic carbocycles. The second kappa shape index (κ2) is 10.0. The predicted molar refractivity (Wildman–Crippen MR) is 152 cm³/mol. The highest BCUT2D eigenvalue weighted by Gasteiger charge is 2.53. The molecule has 2 saturated carbocycles. The average molecular weight is 545 g/mol. The molecule has 4 heterocycles. The SMILES string of the molecule is Cc1nc2nc(C)c(OC3CCN(c4ccc(C5CCC(C(=O)N6CCOCC67CC7)CC5)cc4)C3)c(C)n2n1. The predicted octanol–water partition coefficient (Wildman–Crippen LogP) is 4.37. The van der Waals surface area contributed by atoms with Crippen LogP contribution in [0.2, 0.25) is 0 Å². The van der Waals surface area contributed by atoms with Gasteiger partial charge in [-0.05, 0) is 82.9 Å². The first-order chi connectivity index (χ1) is 19.4. The topological polar surface area (TPSA) is 85.1 Å². The Balaban J connectivity index is 0.946. The van der Waals surface area contributed by atoms with E-state index >= 15 is 0 Å². The number of nitrogens with zero attached hydrogens (tertiary/aromatic N) is 6. The van der Waals surface area contributed by atoms with Crippen LogP contribution in [0.15, 0.2) is 24.3 Å². The van der Waals surface area contributed by atoms with Gasteiger partial charge in [-0.3, -0.25) is 4.79 Å². The summed E-state index contributed by atoms with van der Waals surface area (Å²) in [5.41, 5.74) is 4.49. The third-order valence-electron chi connectivity index (χ3n) is 9.67. The van der Waals surface area contributed by atoms with Crippen molar-refractivity contribution >= 4 is 17.4 Å². The number of fused-ring (bicyclic) bond motifs is 1. The number of aromatic nitrogens is 4. The monoisotopic (exact) mass is 544 g/mol. The lowest BCUT2D eigenvalue weighted by Crippen LogP contribution is -2.52. The molecule has 2 saturated heterocycles. The Bertz CT molecular complexity index is 1410. The Kier molecular flexibility index (Phi) is 6.45. The Morgan fingerprint density at radius 1 is 1.00 bits per heavy atom. The number of carbonyl (C=O) groups is 1. The van der Waals surface area contributed by atoms with Crippen molar-refractivity contribution in [1.29, 1.82) is 0 Å². The van der Waals surface area contributed by atoms with Gasteiger partial charge in [-0.15, -0.1) is 5.10 Å². The van der Waals surface area contributed by atoms with Crippen LogP contribution >= 0.6 is 0 Å². The minimum Gasteiger partial charge on any atom is -0.485 e. The third-order valence-corrected chi connectivity index (χ3v) is 9.67. The summed E-state index contributed by atoms with van der Waals surface area (Å²) >= 11 is 0. The van der Waals surface area contributed by atoms with Crippen molar-refractivity contribution in [1.82, 2.24) is 24.5 Å². The molecule has 1 atom stereocenters. The van der Waals surface area contributed by atoms with Crippen molar-refractivity contribution in [3.05, 3.63) is 47.0 Å². The number of hydrogen-bond donors (Lipinski definition) is 0. The molecule has 1 spiro atoms. The third kappa shape index (κ3) is 4.62. The fourth-order valence-electron chi connectivity index (χ4n) is 7.14. The molecular formula is C31H40N6O3. The minimum absolute atomic E-state index is 0.0418. The van der Waals surface area contributed by atoms with Crippen molar-refractivity contribution < 1.29 is 14.3 Å². The van der Waals surface area contributed by atoms with Crippen LogP contribution < -0.4 is 9.64 Å². The van der Waals surface area contributed by atoms with Crippen LogP contribution in [0, 0.1) is 26.7 Å². The number of carbonyl (C=O) groups excluding carboxylic acids is 1. The zero-order valence-corrected chi connectivity index (χ0v) is 23.9. The van der Waals surface area contributed by atoms with E-state index in [4.69, 9.17) is 9.47 Å². The molecule has 40 heavy (non-hydrogen) atoms. The van der Waals surface area contributed by atoms with E-state index in [1.54, 1.807) is 4.52 Å². The summed E-state index contributed by atoms with van der Waals surface area (Å²) in [4.78, 5) is 26.9. The van der Waals surface area contributed by atoms with E-state index in [1.807, 2.05) is 20.8 Å². The van der Waals surface area contributed by atoms with Gasteiger partial charge in [0.05, 0.1) is 36.7 Å². The molecule has 9 heteroatoms. The van der Waals surface area contributed by atoms with Gasteiger partial charge in [0.15, 0.2) is 5.75 Å². The van der Waals surface area contributed by atoms with Gasteiger partial charge in [-0.25, -0.2) is 4.98 Å². The van der Waals surface area contributed by atoms with E-state index in [0.29, 0.717) is 30.0 Å². The van der Waals surface area contributed by atoms with Crippen molar-refractivity contribution in [3.63, 3.8) is 0 Å².